The smallest absolute Gasteiger partial charge is 0.339 e. The predicted molar refractivity (Wildman–Crippen MR) is 66.2 cm³/mol. The number of hydrogen-bond donors (Lipinski definition) is 1. The van der Waals surface area contributed by atoms with Crippen molar-refractivity contribution in [2.75, 3.05) is 0 Å². The summed E-state index contributed by atoms with van der Waals surface area (Å²) in [5.74, 6) is -1.20. The Kier molecular flexibility index (Phi) is 4.19. The van der Waals surface area contributed by atoms with Crippen LogP contribution in [0.1, 0.15) is 22.7 Å². The Morgan fingerprint density at radius 1 is 1.50 bits per heavy atom. The average Bonchev–Trinajstić information content (AvgIpc) is 2.85. The van der Waals surface area contributed by atoms with Gasteiger partial charge in [-0.05, 0) is 18.2 Å². The molecule has 0 aliphatic rings. The fraction of sp³-hybridized carbons (Fsp3) is 0.167. The Bertz CT molecular complexity index is 631. The fourth-order valence-electron chi connectivity index (χ4n) is 1.57. The molecule has 1 aromatic heterocycles. The lowest BCUT2D eigenvalue weighted by atomic mass is 10.2. The molecule has 0 amide bonds. The van der Waals surface area contributed by atoms with Gasteiger partial charge in [0.05, 0.1) is 0 Å². The molecule has 1 heterocycles. The molecule has 0 saturated carbocycles. The van der Waals surface area contributed by atoms with E-state index in [0.717, 1.165) is 6.20 Å². The second-order valence-corrected chi connectivity index (χ2v) is 4.20. The summed E-state index contributed by atoms with van der Waals surface area (Å²) in [5, 5.41) is 9.25. The molecule has 0 bridgehead atoms. The van der Waals surface area contributed by atoms with E-state index < -0.39 is 12.5 Å². The van der Waals surface area contributed by atoms with Gasteiger partial charge in [0.15, 0.2) is 5.82 Å². The minimum absolute atomic E-state index is 0.00807. The van der Waals surface area contributed by atoms with Crippen molar-refractivity contribution in [2.24, 2.45) is 0 Å². The summed E-state index contributed by atoms with van der Waals surface area (Å²) < 4.78 is 31.1. The fourth-order valence-corrected chi connectivity index (χ4v) is 1.74. The summed E-state index contributed by atoms with van der Waals surface area (Å²) >= 11 is 5.69. The van der Waals surface area contributed by atoms with Crippen molar-refractivity contribution in [2.45, 2.75) is 13.2 Å². The van der Waals surface area contributed by atoms with Crippen molar-refractivity contribution in [1.29, 1.82) is 0 Å². The molecule has 0 saturated heterocycles. The third-order valence-electron chi connectivity index (χ3n) is 2.49. The number of rotatable bonds is 5. The van der Waals surface area contributed by atoms with Gasteiger partial charge in [-0.15, -0.1) is 0 Å². The molecule has 5 nitrogen and oxygen atoms in total. The van der Waals surface area contributed by atoms with Crippen LogP contribution >= 0.6 is 11.6 Å². The maximum atomic E-state index is 12.6. The van der Waals surface area contributed by atoms with Crippen LogP contribution in [-0.4, -0.2) is 20.6 Å². The lowest BCUT2D eigenvalue weighted by Gasteiger charge is -2.10. The van der Waals surface area contributed by atoms with Gasteiger partial charge in [0, 0.05) is 17.4 Å². The summed E-state index contributed by atoms with van der Waals surface area (Å²) in [6, 6.07) is 4.03. The van der Waals surface area contributed by atoms with Crippen LogP contribution in [0.4, 0.5) is 8.78 Å². The zero-order chi connectivity index (χ0) is 14.7. The highest BCUT2D eigenvalue weighted by Gasteiger charge is 2.15. The Labute approximate surface area is 117 Å². The van der Waals surface area contributed by atoms with Gasteiger partial charge in [0.1, 0.15) is 17.9 Å². The van der Waals surface area contributed by atoms with Crippen molar-refractivity contribution < 1.29 is 23.4 Å². The second-order valence-electron chi connectivity index (χ2n) is 3.76. The molecule has 0 radical (unpaired) electrons. The lowest BCUT2D eigenvalue weighted by Crippen LogP contribution is -2.09. The van der Waals surface area contributed by atoms with Crippen molar-refractivity contribution >= 4 is 17.6 Å². The van der Waals surface area contributed by atoms with Crippen molar-refractivity contribution in [1.82, 2.24) is 9.55 Å². The molecule has 0 aliphatic carbocycles. The molecule has 0 fully saturated rings. The number of imidazole rings is 1. The number of halogens is 3. The molecule has 1 aromatic carbocycles. The van der Waals surface area contributed by atoms with Gasteiger partial charge in [-0.2, -0.15) is 8.78 Å². The molecule has 8 heteroatoms. The van der Waals surface area contributed by atoms with Crippen LogP contribution in [0.15, 0.2) is 30.6 Å². The van der Waals surface area contributed by atoms with E-state index in [2.05, 4.69) is 4.98 Å². The standard InChI is InChI=1S/C12H9ClF2N2O3/c13-7-1-2-9(8(5-7)11(18)19)20-6-10-16-3-4-17(10)12(14)15/h1-5,12H,6H2,(H,18,19). The monoisotopic (exact) mass is 302 g/mol. The number of benzene rings is 1. The predicted octanol–water partition coefficient (Wildman–Crippen LogP) is 3.21. The zero-order valence-electron chi connectivity index (χ0n) is 9.96. The van der Waals surface area contributed by atoms with Crippen LogP contribution in [0, 0.1) is 0 Å². The van der Waals surface area contributed by atoms with Gasteiger partial charge in [-0.3, -0.25) is 4.57 Å². The molecular formula is C12H9ClF2N2O3. The highest BCUT2D eigenvalue weighted by Crippen LogP contribution is 2.24. The molecular weight excluding hydrogens is 294 g/mol. The number of nitrogens with zero attached hydrogens (tertiary/aromatic N) is 2. The van der Waals surface area contributed by atoms with E-state index in [9.17, 15) is 13.6 Å². The zero-order valence-corrected chi connectivity index (χ0v) is 10.7. The Balaban J connectivity index is 2.19. The van der Waals surface area contributed by atoms with Crippen molar-refractivity contribution in [3.8, 4) is 5.75 Å². The molecule has 2 aromatic rings. The average molecular weight is 303 g/mol. The van der Waals surface area contributed by atoms with Crippen molar-refractivity contribution in [3.05, 3.63) is 47.0 Å². The Hall–Kier alpha value is -2.15. The number of carboxylic acid groups (broad SMARTS) is 1. The summed E-state index contributed by atoms with van der Waals surface area (Å²) in [4.78, 5) is 14.8. The number of carbonyl (C=O) groups is 1. The van der Waals surface area contributed by atoms with Crippen LogP contribution in [0.2, 0.25) is 5.02 Å². The second kappa shape index (κ2) is 5.87. The topological polar surface area (TPSA) is 64.3 Å². The largest absolute Gasteiger partial charge is 0.485 e. The van der Waals surface area contributed by atoms with Crippen LogP contribution in [0.5, 0.6) is 5.75 Å². The van der Waals surface area contributed by atoms with Crippen LogP contribution in [0.25, 0.3) is 0 Å². The maximum absolute atomic E-state index is 12.6. The first-order valence-corrected chi connectivity index (χ1v) is 5.82. The molecule has 1 N–H and O–H groups in total. The number of carboxylic acids is 1. The van der Waals surface area contributed by atoms with Gasteiger partial charge < -0.3 is 9.84 Å². The molecule has 106 valence electrons. The minimum atomic E-state index is -2.74. The SMILES string of the molecule is O=C(O)c1cc(Cl)ccc1OCc1nccn1C(F)F. The maximum Gasteiger partial charge on any atom is 0.339 e. The number of aromatic carboxylic acids is 1. The Morgan fingerprint density at radius 3 is 2.90 bits per heavy atom. The van der Waals surface area contributed by atoms with E-state index in [4.69, 9.17) is 21.4 Å². The van der Waals surface area contributed by atoms with Crippen LogP contribution in [0.3, 0.4) is 0 Å². The van der Waals surface area contributed by atoms with Gasteiger partial charge in [-0.1, -0.05) is 11.6 Å². The summed E-state index contributed by atoms with van der Waals surface area (Å²) in [6.45, 7) is -3.01. The molecule has 20 heavy (non-hydrogen) atoms. The van der Waals surface area contributed by atoms with E-state index in [1.54, 1.807) is 0 Å². The number of ether oxygens (including phenoxy) is 1. The molecule has 2 rings (SSSR count). The first kappa shape index (κ1) is 14.3. The normalized spacial score (nSPS) is 10.8. The third kappa shape index (κ3) is 3.05. The van der Waals surface area contributed by atoms with E-state index in [1.165, 1.54) is 24.4 Å². The van der Waals surface area contributed by atoms with Gasteiger partial charge in [0.2, 0.25) is 0 Å². The molecule has 0 aliphatic heterocycles. The van der Waals surface area contributed by atoms with Crippen LogP contribution < -0.4 is 4.74 Å². The highest BCUT2D eigenvalue weighted by molar-refractivity contribution is 6.31. The molecule has 0 unspecified atom stereocenters. The lowest BCUT2D eigenvalue weighted by molar-refractivity contribution is 0.0623. The molecule has 0 atom stereocenters. The molecule has 0 spiro atoms. The number of alkyl halides is 2. The van der Waals surface area contributed by atoms with Gasteiger partial charge in [-0.25, -0.2) is 9.78 Å². The quantitative estimate of drug-likeness (QED) is 0.921. The van der Waals surface area contributed by atoms with E-state index in [1.807, 2.05) is 0 Å². The van der Waals surface area contributed by atoms with E-state index >= 15 is 0 Å². The van der Waals surface area contributed by atoms with E-state index in [0.29, 0.717) is 4.57 Å². The van der Waals surface area contributed by atoms with Crippen LogP contribution in [-0.2, 0) is 6.61 Å². The Morgan fingerprint density at radius 2 is 2.25 bits per heavy atom. The highest BCUT2D eigenvalue weighted by atomic mass is 35.5. The summed E-state index contributed by atoms with van der Waals surface area (Å²) in [7, 11) is 0. The van der Waals surface area contributed by atoms with Crippen molar-refractivity contribution in [3.63, 3.8) is 0 Å². The van der Waals surface area contributed by atoms with E-state index in [-0.39, 0.29) is 28.8 Å². The number of hydrogen-bond acceptors (Lipinski definition) is 3. The first-order chi connectivity index (χ1) is 9.49. The number of aromatic nitrogens is 2. The summed E-state index contributed by atoms with van der Waals surface area (Å²) in [5.41, 5.74) is -0.146. The minimum Gasteiger partial charge on any atom is -0.485 e. The van der Waals surface area contributed by atoms with Gasteiger partial charge >= 0.3 is 12.5 Å². The first-order valence-electron chi connectivity index (χ1n) is 5.44. The summed E-state index contributed by atoms with van der Waals surface area (Å²) in [6.07, 6.45) is 2.33. The van der Waals surface area contributed by atoms with Gasteiger partial charge in [0.25, 0.3) is 0 Å². The third-order valence-corrected chi connectivity index (χ3v) is 2.72.